The number of aromatic nitrogens is 2. The van der Waals surface area contributed by atoms with Gasteiger partial charge in [-0.15, -0.1) is 0 Å². The largest absolute Gasteiger partial charge is 0.460 e. The lowest BCUT2D eigenvalue weighted by molar-refractivity contribution is -0.165. The van der Waals surface area contributed by atoms with E-state index < -0.39 is 186 Å². The van der Waals surface area contributed by atoms with Crippen LogP contribution in [-0.4, -0.2) is 169 Å². The molecule has 96 heavy (non-hydrogen) atoms. The molecule has 0 radical (unpaired) electrons. The summed E-state index contributed by atoms with van der Waals surface area (Å²) in [4.78, 5) is 172. The van der Waals surface area contributed by atoms with Crippen LogP contribution in [0, 0.1) is 0 Å². The van der Waals surface area contributed by atoms with Crippen molar-refractivity contribution in [3.05, 3.63) is 51.3 Å². The van der Waals surface area contributed by atoms with Crippen molar-refractivity contribution in [3.8, 4) is 0 Å². The molecule has 2 aromatic rings. The van der Waals surface area contributed by atoms with Crippen LogP contribution in [0.5, 0.6) is 0 Å². The van der Waals surface area contributed by atoms with Crippen LogP contribution in [0.2, 0.25) is 0 Å². The van der Waals surface area contributed by atoms with Crippen LogP contribution in [0.1, 0.15) is 229 Å². The molecule has 1 unspecified atom stereocenters. The Bertz CT molecular complexity index is 3120. The molecule has 2 rings (SSSR count). The maximum Gasteiger partial charge on any atom is 0.329 e. The molecule has 1 heterocycles. The van der Waals surface area contributed by atoms with E-state index in [4.69, 9.17) is 45.6 Å². The van der Waals surface area contributed by atoms with Crippen molar-refractivity contribution < 1.29 is 81.2 Å². The number of nitrogen functional groups attached to an aromatic ring is 2. The number of anilines is 2. The second-order valence-electron chi connectivity index (χ2n) is 29.5. The standard InChI is InChI=1S/C67H107N11O18/c1-62(2,3)91-52(83)37-32-47(60(90)96-67(16,17)18)78(55(85)40-26-24-39(25-27-40)41(38-71-77(19)20)22-21-23-42-53(69)75-61(70)76-54(42)84)51(82)36-31-46(59(89)95-66(13,14)15)74-50(81)35-30-45(58(88)94-65(10,11)12)73-49(80)34-29-44(57(87)93-64(7,8)9)72-48(79)33-28-43(68)56(86)92-63(4,5)6/h24-27,38,41,43-47H,21-23,28-37,68H2,1-20H3,(H,72,79)(H,73,80)(H,74,81)(H5,69,70,75,76,84)/t41?,43-,44-,45-,46-,47-/m0/s1. The summed E-state index contributed by atoms with van der Waals surface area (Å²) in [6.07, 6.45) is -1.59. The summed E-state index contributed by atoms with van der Waals surface area (Å²) in [6.45, 7) is 28.8. The summed E-state index contributed by atoms with van der Waals surface area (Å²) in [5.41, 5.74) is 11.8. The molecule has 29 nitrogen and oxygen atoms in total. The third-order valence-electron chi connectivity index (χ3n) is 13.0. The molecule has 0 aliphatic heterocycles. The fourth-order valence-electron chi connectivity index (χ4n) is 9.01. The fraction of sp³-hybridized carbons (Fsp3) is 0.672. The number of nitrogens with one attached hydrogen (secondary N) is 4. The van der Waals surface area contributed by atoms with Crippen molar-refractivity contribution in [2.75, 3.05) is 25.6 Å². The Balaban J connectivity index is 2.61. The van der Waals surface area contributed by atoms with Gasteiger partial charge in [-0.1, -0.05) is 12.1 Å². The quantitative estimate of drug-likeness (QED) is 0.0201. The van der Waals surface area contributed by atoms with Gasteiger partial charge < -0.3 is 66.6 Å². The number of hydrogen-bond donors (Lipinski definition) is 7. The van der Waals surface area contributed by atoms with Gasteiger partial charge in [0.15, 0.2) is 0 Å². The summed E-state index contributed by atoms with van der Waals surface area (Å²) in [5, 5.41) is 13.7. The Hall–Kier alpha value is -8.50. The number of aromatic amines is 1. The first-order valence-electron chi connectivity index (χ1n) is 32.1. The molecule has 5 amide bonds. The van der Waals surface area contributed by atoms with Crippen molar-refractivity contribution in [1.82, 2.24) is 35.8 Å². The highest BCUT2D eigenvalue weighted by atomic mass is 16.6. The maximum atomic E-state index is 15.1. The van der Waals surface area contributed by atoms with Crippen LogP contribution < -0.4 is 38.7 Å². The number of rotatable bonds is 32. The van der Waals surface area contributed by atoms with Crippen LogP contribution >= 0.6 is 0 Å². The number of carbonyl (C=O) groups excluding carboxylic acids is 11. The number of H-pyrrole nitrogens is 1. The number of nitrogens with zero attached hydrogens (tertiary/aromatic N) is 4. The van der Waals surface area contributed by atoms with Crippen molar-refractivity contribution in [2.45, 2.75) is 278 Å². The molecule has 6 atom stereocenters. The molecule has 0 aliphatic carbocycles. The Labute approximate surface area is 563 Å². The van der Waals surface area contributed by atoms with Gasteiger partial charge in [0.2, 0.25) is 29.6 Å². The van der Waals surface area contributed by atoms with E-state index in [9.17, 15) is 47.9 Å². The lowest BCUT2D eigenvalue weighted by Gasteiger charge is -2.32. The second kappa shape index (κ2) is 36.0. The molecule has 0 saturated carbocycles. The van der Waals surface area contributed by atoms with Gasteiger partial charge in [-0.25, -0.2) is 19.2 Å². The highest BCUT2D eigenvalue weighted by molar-refractivity contribution is 6.07. The van der Waals surface area contributed by atoms with Gasteiger partial charge in [0.05, 0.1) is 5.56 Å². The summed E-state index contributed by atoms with van der Waals surface area (Å²) in [7, 11) is 3.46. The van der Waals surface area contributed by atoms with E-state index in [2.05, 4.69) is 31.0 Å². The van der Waals surface area contributed by atoms with Crippen LogP contribution in [0.4, 0.5) is 11.8 Å². The molecule has 29 heteroatoms. The first kappa shape index (κ1) is 83.6. The first-order chi connectivity index (χ1) is 43.8. The van der Waals surface area contributed by atoms with Gasteiger partial charge in [-0.3, -0.25) is 48.2 Å². The van der Waals surface area contributed by atoms with Gasteiger partial charge in [-0.2, -0.15) is 10.1 Å². The zero-order valence-corrected chi connectivity index (χ0v) is 59.9. The van der Waals surface area contributed by atoms with Gasteiger partial charge in [0.25, 0.3) is 11.5 Å². The van der Waals surface area contributed by atoms with Crippen molar-refractivity contribution in [2.24, 2.45) is 10.8 Å². The molecular formula is C67H107N11O18. The Morgan fingerprint density at radius 3 is 1.33 bits per heavy atom. The Kier molecular flexibility index (Phi) is 31.4. The zero-order chi connectivity index (χ0) is 73.6. The summed E-state index contributed by atoms with van der Waals surface area (Å²) in [5.74, 6) is -10.3. The second-order valence-corrected chi connectivity index (χ2v) is 29.5. The normalized spacial score (nSPS) is 14.1. The van der Waals surface area contributed by atoms with Crippen LogP contribution in [0.3, 0.4) is 0 Å². The average molecular weight is 1350 g/mol. The van der Waals surface area contributed by atoms with E-state index in [0.29, 0.717) is 23.3 Å². The minimum Gasteiger partial charge on any atom is -0.460 e. The van der Waals surface area contributed by atoms with Crippen molar-refractivity contribution in [1.29, 1.82) is 0 Å². The van der Waals surface area contributed by atoms with E-state index in [-0.39, 0.29) is 48.6 Å². The minimum absolute atomic E-state index is 0.00320. The predicted octanol–water partition coefficient (Wildman–Crippen LogP) is 5.66. The Morgan fingerprint density at radius 1 is 0.531 bits per heavy atom. The number of hydrogen-bond acceptors (Lipinski definition) is 24. The highest BCUT2D eigenvalue weighted by Crippen LogP contribution is 2.27. The molecular weight excluding hydrogens is 1250 g/mol. The number of amides is 5. The fourth-order valence-corrected chi connectivity index (χ4v) is 9.01. The third kappa shape index (κ3) is 33.3. The molecule has 0 bridgehead atoms. The molecule has 0 spiro atoms. The van der Waals surface area contributed by atoms with Gasteiger partial charge in [0, 0.05) is 63.9 Å². The first-order valence-corrected chi connectivity index (χ1v) is 32.1. The van der Waals surface area contributed by atoms with E-state index in [1.54, 1.807) is 162 Å². The molecule has 0 aliphatic rings. The third-order valence-corrected chi connectivity index (χ3v) is 13.0. The van der Waals surface area contributed by atoms with E-state index in [1.807, 2.05) is 0 Å². The molecule has 1 aromatic carbocycles. The molecule has 0 fully saturated rings. The smallest absolute Gasteiger partial charge is 0.329 e. The van der Waals surface area contributed by atoms with E-state index in [0.717, 1.165) is 0 Å². The minimum atomic E-state index is -1.76. The van der Waals surface area contributed by atoms with Crippen molar-refractivity contribution in [3.63, 3.8) is 0 Å². The lowest BCUT2D eigenvalue weighted by Crippen LogP contribution is -2.51. The van der Waals surface area contributed by atoms with Crippen LogP contribution in [0.25, 0.3) is 0 Å². The number of carbonyl (C=O) groups is 11. The number of nitrogens with two attached hydrogens (primary N) is 3. The Morgan fingerprint density at radius 2 is 0.927 bits per heavy atom. The van der Waals surface area contributed by atoms with Crippen molar-refractivity contribution >= 4 is 83.3 Å². The lowest BCUT2D eigenvalue weighted by atomic mass is 9.92. The van der Waals surface area contributed by atoms with Gasteiger partial charge in [0.1, 0.15) is 69.6 Å². The summed E-state index contributed by atoms with van der Waals surface area (Å²) >= 11 is 0. The number of esters is 6. The molecule has 538 valence electrons. The zero-order valence-electron chi connectivity index (χ0n) is 59.9. The maximum absolute atomic E-state index is 15.1. The topological polar surface area (TPSA) is 422 Å². The number of imide groups is 1. The van der Waals surface area contributed by atoms with E-state index in [1.165, 1.54) is 12.1 Å². The average Bonchev–Trinajstić information content (AvgIpc) is 0.821. The number of ether oxygens (including phenoxy) is 6. The van der Waals surface area contributed by atoms with Crippen LogP contribution in [-0.2, 0) is 82.8 Å². The summed E-state index contributed by atoms with van der Waals surface area (Å²) in [6, 6.07) is -1.28. The molecule has 0 saturated heterocycles. The SMILES string of the molecule is CN(C)N=CC(CCCc1c(N)nc(N)[nH]c1=O)c1ccc(C(=O)N(C(=O)CC[C@H](NC(=O)CC[C@H](NC(=O)CC[C@H](NC(=O)CC[C@H](N)C(=O)OC(C)(C)C)C(=O)OC(C)(C)C)C(=O)OC(C)(C)C)C(=O)OC(C)(C)C)[C@@H](CCC(=O)OC(C)(C)C)C(=O)OC(C)(C)C)cc1. The number of benzene rings is 1. The van der Waals surface area contributed by atoms with Gasteiger partial charge in [-0.05, 0) is 194 Å². The van der Waals surface area contributed by atoms with Crippen LogP contribution in [0.15, 0.2) is 34.2 Å². The monoisotopic (exact) mass is 1350 g/mol. The highest BCUT2D eigenvalue weighted by Gasteiger charge is 2.40. The van der Waals surface area contributed by atoms with E-state index >= 15 is 9.59 Å². The molecule has 10 N–H and O–H groups in total. The van der Waals surface area contributed by atoms with Gasteiger partial charge >= 0.3 is 35.8 Å². The molecule has 1 aromatic heterocycles. The number of hydrazone groups is 1. The summed E-state index contributed by atoms with van der Waals surface area (Å²) < 4.78 is 33.4. The predicted molar refractivity (Wildman–Crippen MR) is 358 cm³/mol.